The molecule has 0 aromatic heterocycles. The van der Waals surface area contributed by atoms with E-state index in [2.05, 4.69) is 10.6 Å². The van der Waals surface area contributed by atoms with E-state index in [4.69, 9.17) is 14.2 Å². The molecule has 2 aromatic rings. The van der Waals surface area contributed by atoms with Crippen molar-refractivity contribution in [2.24, 2.45) is 0 Å². The Morgan fingerprint density at radius 2 is 1.57 bits per heavy atom. The fraction of sp³-hybridized carbons (Fsp3) is 0.515. The second kappa shape index (κ2) is 13.3. The molecule has 1 saturated heterocycles. The Hall–Kier alpha value is -4.12. The number of hydrogen-bond acceptors (Lipinski definition) is 7. The fourth-order valence-corrected chi connectivity index (χ4v) is 6.02. The summed E-state index contributed by atoms with van der Waals surface area (Å²) in [5, 5.41) is 15.3. The lowest BCUT2D eigenvalue weighted by Crippen LogP contribution is -2.58. The first kappa shape index (κ1) is 32.8. The fourth-order valence-electron chi connectivity index (χ4n) is 6.02. The number of carbonyl (C=O) groups excluding carboxylic acids is 3. The van der Waals surface area contributed by atoms with Gasteiger partial charge in [0, 0.05) is 12.5 Å². The van der Waals surface area contributed by atoms with E-state index in [0.29, 0.717) is 19.4 Å². The molecule has 0 radical (unpaired) electrons. The van der Waals surface area contributed by atoms with Crippen molar-refractivity contribution in [1.29, 1.82) is 0 Å². The second-order valence-corrected chi connectivity index (χ2v) is 12.7. The van der Waals surface area contributed by atoms with Crippen molar-refractivity contribution < 1.29 is 38.5 Å². The van der Waals surface area contributed by atoms with Gasteiger partial charge in [0.15, 0.2) is 6.04 Å². The highest BCUT2D eigenvalue weighted by molar-refractivity contribution is 5.90. The third kappa shape index (κ3) is 7.50. The van der Waals surface area contributed by atoms with Gasteiger partial charge in [0.05, 0.1) is 6.10 Å². The first-order valence-corrected chi connectivity index (χ1v) is 15.0. The topological polar surface area (TPSA) is 144 Å². The SMILES string of the molecule is C[C@H]1OC(C)(C)N(C(=O)[C@H](CCCCNC(=O)OC(C)(C)C)NC(=O)OCC2c3ccccc3-c3ccccc32)[C@@H]1C(=O)O. The number of rotatable bonds is 10. The van der Waals surface area contributed by atoms with Gasteiger partial charge in [-0.15, -0.1) is 0 Å². The van der Waals surface area contributed by atoms with Crippen LogP contribution in [0.3, 0.4) is 0 Å². The summed E-state index contributed by atoms with van der Waals surface area (Å²) in [7, 11) is 0. The number of fused-ring (bicyclic) bond motifs is 3. The highest BCUT2D eigenvalue weighted by atomic mass is 16.6. The van der Waals surface area contributed by atoms with Crippen LogP contribution in [0.5, 0.6) is 0 Å². The molecule has 2 aromatic carbocycles. The van der Waals surface area contributed by atoms with Gasteiger partial charge in [0.1, 0.15) is 24.0 Å². The zero-order valence-electron chi connectivity index (χ0n) is 26.2. The number of aliphatic carboxylic acids is 1. The lowest BCUT2D eigenvalue weighted by molar-refractivity contribution is -0.156. The van der Waals surface area contributed by atoms with Crippen molar-refractivity contribution in [2.75, 3.05) is 13.2 Å². The molecule has 1 fully saturated rings. The van der Waals surface area contributed by atoms with Crippen LogP contribution in [0.2, 0.25) is 0 Å². The smallest absolute Gasteiger partial charge is 0.407 e. The van der Waals surface area contributed by atoms with Gasteiger partial charge in [-0.05, 0) is 83.1 Å². The van der Waals surface area contributed by atoms with Gasteiger partial charge in [-0.3, -0.25) is 9.69 Å². The van der Waals surface area contributed by atoms with E-state index in [1.54, 1.807) is 41.5 Å². The number of carbonyl (C=O) groups is 4. The summed E-state index contributed by atoms with van der Waals surface area (Å²) in [6, 6.07) is 13.6. The number of alkyl carbamates (subject to hydrolysis) is 2. The average molecular weight is 610 g/mol. The molecule has 238 valence electrons. The molecule has 0 spiro atoms. The summed E-state index contributed by atoms with van der Waals surface area (Å²) in [6.45, 7) is 10.5. The second-order valence-electron chi connectivity index (χ2n) is 12.7. The van der Waals surface area contributed by atoms with E-state index in [-0.39, 0.29) is 18.9 Å². The number of carboxylic acid groups (broad SMARTS) is 1. The summed E-state index contributed by atoms with van der Waals surface area (Å²) < 4.78 is 16.8. The summed E-state index contributed by atoms with van der Waals surface area (Å²) in [4.78, 5) is 52.4. The molecule has 0 saturated carbocycles. The number of nitrogens with zero attached hydrogens (tertiary/aromatic N) is 1. The zero-order chi connectivity index (χ0) is 32.2. The molecule has 2 aliphatic rings. The van der Waals surface area contributed by atoms with E-state index >= 15 is 0 Å². The third-order valence-corrected chi connectivity index (χ3v) is 7.79. The Morgan fingerprint density at radius 1 is 0.977 bits per heavy atom. The van der Waals surface area contributed by atoms with Gasteiger partial charge in [-0.2, -0.15) is 0 Å². The molecule has 1 aliphatic heterocycles. The largest absolute Gasteiger partial charge is 0.480 e. The average Bonchev–Trinajstić information content (AvgIpc) is 3.39. The molecule has 0 bridgehead atoms. The predicted molar refractivity (Wildman–Crippen MR) is 163 cm³/mol. The summed E-state index contributed by atoms with van der Waals surface area (Å²) in [5.41, 5.74) is 2.46. The quantitative estimate of drug-likeness (QED) is 0.319. The number of hydrogen-bond donors (Lipinski definition) is 3. The molecule has 1 heterocycles. The van der Waals surface area contributed by atoms with Crippen LogP contribution in [0.15, 0.2) is 48.5 Å². The van der Waals surface area contributed by atoms with Crippen LogP contribution in [0.4, 0.5) is 9.59 Å². The van der Waals surface area contributed by atoms with E-state index in [1.807, 2.05) is 48.5 Å². The van der Waals surface area contributed by atoms with Crippen molar-refractivity contribution in [3.05, 3.63) is 59.7 Å². The molecule has 1 aliphatic carbocycles. The summed E-state index contributed by atoms with van der Waals surface area (Å²) in [6.07, 6.45) is -0.954. The summed E-state index contributed by atoms with van der Waals surface area (Å²) >= 11 is 0. The molecular formula is C33H43N3O8. The van der Waals surface area contributed by atoms with Gasteiger partial charge < -0.3 is 30.0 Å². The van der Waals surface area contributed by atoms with Gasteiger partial charge >= 0.3 is 18.2 Å². The Morgan fingerprint density at radius 3 is 2.14 bits per heavy atom. The maximum Gasteiger partial charge on any atom is 0.407 e. The van der Waals surface area contributed by atoms with Crippen LogP contribution in [-0.4, -0.2) is 76.7 Å². The minimum absolute atomic E-state index is 0.0632. The molecule has 11 heteroatoms. The van der Waals surface area contributed by atoms with Crippen molar-refractivity contribution >= 4 is 24.1 Å². The first-order chi connectivity index (χ1) is 20.7. The first-order valence-electron chi connectivity index (χ1n) is 15.0. The van der Waals surface area contributed by atoms with Gasteiger partial charge in [-0.1, -0.05) is 48.5 Å². The molecule has 3 atom stereocenters. The van der Waals surface area contributed by atoms with E-state index in [9.17, 15) is 24.3 Å². The Balaban J connectivity index is 1.44. The van der Waals surface area contributed by atoms with E-state index in [0.717, 1.165) is 22.3 Å². The van der Waals surface area contributed by atoms with Gasteiger partial charge in [0.2, 0.25) is 5.91 Å². The Bertz CT molecular complexity index is 1340. The monoisotopic (exact) mass is 609 g/mol. The Labute approximate surface area is 258 Å². The van der Waals surface area contributed by atoms with E-state index in [1.165, 1.54) is 4.90 Å². The van der Waals surface area contributed by atoms with Crippen LogP contribution < -0.4 is 10.6 Å². The maximum atomic E-state index is 13.9. The number of unbranched alkanes of at least 4 members (excludes halogenated alkanes) is 1. The van der Waals surface area contributed by atoms with Crippen molar-refractivity contribution in [3.63, 3.8) is 0 Å². The molecule has 0 unspecified atom stereocenters. The number of amides is 3. The molecule has 3 N–H and O–H groups in total. The molecule has 11 nitrogen and oxygen atoms in total. The molecule has 44 heavy (non-hydrogen) atoms. The number of nitrogens with one attached hydrogen (secondary N) is 2. The lowest BCUT2D eigenvalue weighted by Gasteiger charge is -2.35. The molecular weight excluding hydrogens is 566 g/mol. The summed E-state index contributed by atoms with van der Waals surface area (Å²) in [5.74, 6) is -1.94. The highest BCUT2D eigenvalue weighted by Crippen LogP contribution is 2.44. The minimum atomic E-state index is -1.22. The van der Waals surface area contributed by atoms with Crippen LogP contribution >= 0.6 is 0 Å². The van der Waals surface area contributed by atoms with Crippen LogP contribution in [0.1, 0.15) is 77.8 Å². The van der Waals surface area contributed by atoms with Crippen molar-refractivity contribution in [3.8, 4) is 11.1 Å². The van der Waals surface area contributed by atoms with Crippen LogP contribution in [0, 0.1) is 0 Å². The van der Waals surface area contributed by atoms with E-state index < -0.39 is 53.6 Å². The van der Waals surface area contributed by atoms with Crippen LogP contribution in [-0.2, 0) is 23.8 Å². The van der Waals surface area contributed by atoms with Crippen molar-refractivity contribution in [2.45, 2.75) is 96.2 Å². The molecule has 3 amide bonds. The molecule has 4 rings (SSSR count). The lowest BCUT2D eigenvalue weighted by atomic mass is 9.98. The highest BCUT2D eigenvalue weighted by Gasteiger charge is 2.52. The Kier molecular flexibility index (Phi) is 9.88. The van der Waals surface area contributed by atoms with Crippen LogP contribution in [0.25, 0.3) is 11.1 Å². The predicted octanol–water partition coefficient (Wildman–Crippen LogP) is 5.03. The van der Waals surface area contributed by atoms with Gasteiger partial charge in [0.25, 0.3) is 0 Å². The zero-order valence-corrected chi connectivity index (χ0v) is 26.2. The third-order valence-electron chi connectivity index (χ3n) is 7.79. The number of carboxylic acids is 1. The van der Waals surface area contributed by atoms with Crippen molar-refractivity contribution in [1.82, 2.24) is 15.5 Å². The normalized spacial score (nSPS) is 19.5. The number of benzene rings is 2. The number of ether oxygens (including phenoxy) is 3. The maximum absolute atomic E-state index is 13.9. The standard InChI is InChI=1S/C33H43N3O8/c1-20-27(29(38)39)36(33(5,6)43-20)28(37)26(17-11-12-18-34-30(40)44-32(2,3)4)35-31(41)42-19-25-23-15-9-7-13-21(23)22-14-8-10-16-24(22)25/h7-10,13-16,20,25-27H,11-12,17-19H2,1-6H3,(H,34,40)(H,35,41)(H,38,39)/t20-,26+,27+/m1/s1. The van der Waals surface area contributed by atoms with Gasteiger partial charge in [-0.25, -0.2) is 14.4 Å². The minimum Gasteiger partial charge on any atom is -0.480 e.